The van der Waals surface area contributed by atoms with Gasteiger partial charge in [-0.25, -0.2) is 9.78 Å². The summed E-state index contributed by atoms with van der Waals surface area (Å²) in [4.78, 5) is 16.3. The number of carbonyl (C=O) groups is 1. The molecule has 5 heteroatoms. The van der Waals surface area contributed by atoms with E-state index in [0.29, 0.717) is 19.0 Å². The Kier molecular flexibility index (Phi) is 5.51. The van der Waals surface area contributed by atoms with Crippen molar-refractivity contribution >= 4 is 5.97 Å². The summed E-state index contributed by atoms with van der Waals surface area (Å²) in [6.07, 6.45) is 2.51. The van der Waals surface area contributed by atoms with E-state index in [1.807, 2.05) is 37.3 Å². The van der Waals surface area contributed by atoms with Crippen molar-refractivity contribution in [3.63, 3.8) is 0 Å². The van der Waals surface area contributed by atoms with E-state index >= 15 is 0 Å². The Balaban J connectivity index is 2.07. The van der Waals surface area contributed by atoms with E-state index in [1.54, 1.807) is 13.1 Å². The molecule has 2 aromatic rings. The van der Waals surface area contributed by atoms with Crippen LogP contribution in [0.3, 0.4) is 0 Å². The summed E-state index contributed by atoms with van der Waals surface area (Å²) in [5, 5.41) is 3.14. The van der Waals surface area contributed by atoms with Gasteiger partial charge in [-0.15, -0.1) is 0 Å². The summed E-state index contributed by atoms with van der Waals surface area (Å²) >= 11 is 0. The van der Waals surface area contributed by atoms with Gasteiger partial charge >= 0.3 is 5.97 Å². The lowest BCUT2D eigenvalue weighted by Crippen LogP contribution is -2.30. The van der Waals surface area contributed by atoms with Crippen molar-refractivity contribution in [3.8, 4) is 0 Å². The first-order valence-corrected chi connectivity index (χ1v) is 7.13. The molecule has 2 rings (SSSR count). The molecule has 1 aromatic heterocycles. The molecule has 0 amide bonds. The van der Waals surface area contributed by atoms with Crippen LogP contribution in [-0.2, 0) is 22.5 Å². The number of hydrogen-bond acceptors (Lipinski definition) is 5. The lowest BCUT2D eigenvalue weighted by molar-refractivity contribution is -0.145. The van der Waals surface area contributed by atoms with Gasteiger partial charge < -0.3 is 9.15 Å². The van der Waals surface area contributed by atoms with Gasteiger partial charge in [-0.2, -0.15) is 0 Å². The number of carbonyl (C=O) groups excluding carboxylic acids is 1. The Hall–Kier alpha value is -2.14. The van der Waals surface area contributed by atoms with Crippen LogP contribution in [0.15, 0.2) is 40.9 Å². The predicted octanol–water partition coefficient (Wildman–Crippen LogP) is 2.63. The number of aromatic nitrogens is 1. The van der Waals surface area contributed by atoms with Gasteiger partial charge in [0.1, 0.15) is 11.8 Å². The second kappa shape index (κ2) is 7.59. The molecule has 1 atom stereocenters. The van der Waals surface area contributed by atoms with E-state index in [0.717, 1.165) is 17.7 Å². The van der Waals surface area contributed by atoms with Gasteiger partial charge in [-0.05, 0) is 12.5 Å². The molecular formula is C16H20N2O3. The molecule has 0 saturated heterocycles. The van der Waals surface area contributed by atoms with Crippen LogP contribution < -0.4 is 5.32 Å². The van der Waals surface area contributed by atoms with Gasteiger partial charge in [0.15, 0.2) is 0 Å². The number of ether oxygens (including phenoxy) is 1. The van der Waals surface area contributed by atoms with Gasteiger partial charge in [-0.3, -0.25) is 5.32 Å². The zero-order chi connectivity index (χ0) is 15.1. The number of hydrogen-bond donors (Lipinski definition) is 1. The molecular weight excluding hydrogens is 268 g/mol. The molecule has 0 fully saturated rings. The summed E-state index contributed by atoms with van der Waals surface area (Å²) in [7, 11) is 0. The van der Waals surface area contributed by atoms with Crippen LogP contribution in [-0.4, -0.2) is 17.6 Å². The maximum Gasteiger partial charge on any atom is 0.327 e. The van der Waals surface area contributed by atoms with Crippen LogP contribution in [0.4, 0.5) is 0 Å². The number of aryl methyl sites for hydroxylation is 1. The molecule has 0 aliphatic carbocycles. The first-order valence-electron chi connectivity index (χ1n) is 7.13. The van der Waals surface area contributed by atoms with Crippen molar-refractivity contribution in [2.24, 2.45) is 0 Å². The Morgan fingerprint density at radius 1 is 1.33 bits per heavy atom. The van der Waals surface area contributed by atoms with Crippen molar-refractivity contribution < 1.29 is 13.9 Å². The van der Waals surface area contributed by atoms with Crippen molar-refractivity contribution in [2.75, 3.05) is 6.61 Å². The summed E-state index contributed by atoms with van der Waals surface area (Å²) in [5.74, 6) is 1.10. The molecule has 0 radical (unpaired) electrons. The van der Waals surface area contributed by atoms with E-state index in [1.165, 1.54) is 0 Å². The zero-order valence-corrected chi connectivity index (χ0v) is 12.3. The van der Waals surface area contributed by atoms with Crippen molar-refractivity contribution in [1.82, 2.24) is 10.3 Å². The monoisotopic (exact) mass is 288 g/mol. The molecule has 0 saturated carbocycles. The van der Waals surface area contributed by atoms with Crippen LogP contribution in [0.25, 0.3) is 0 Å². The van der Waals surface area contributed by atoms with Gasteiger partial charge in [-0.1, -0.05) is 37.3 Å². The standard InChI is InChI=1S/C16H20N2O3/c1-3-13-10-17-14(21-13)11-18-15(16(19)20-4-2)12-8-6-5-7-9-12/h5-10,15,18H,3-4,11H2,1-2H3. The van der Waals surface area contributed by atoms with Crippen molar-refractivity contribution in [3.05, 3.63) is 53.7 Å². The van der Waals surface area contributed by atoms with Crippen LogP contribution in [0.2, 0.25) is 0 Å². The largest absolute Gasteiger partial charge is 0.465 e. The van der Waals surface area contributed by atoms with Gasteiger partial charge in [0.25, 0.3) is 0 Å². The summed E-state index contributed by atoms with van der Waals surface area (Å²) < 4.78 is 10.7. The first kappa shape index (κ1) is 15.3. The topological polar surface area (TPSA) is 64.4 Å². The molecule has 1 N–H and O–H groups in total. The summed E-state index contributed by atoms with van der Waals surface area (Å²) in [6.45, 7) is 4.52. The maximum atomic E-state index is 12.1. The molecule has 1 heterocycles. The third-order valence-corrected chi connectivity index (χ3v) is 3.06. The van der Waals surface area contributed by atoms with Crippen LogP contribution in [0.5, 0.6) is 0 Å². The molecule has 112 valence electrons. The summed E-state index contributed by atoms with van der Waals surface area (Å²) in [5.41, 5.74) is 0.859. The number of rotatable bonds is 7. The smallest absolute Gasteiger partial charge is 0.327 e. The first-order chi connectivity index (χ1) is 10.2. The lowest BCUT2D eigenvalue weighted by atomic mass is 10.1. The molecule has 0 aliphatic rings. The van der Waals surface area contributed by atoms with Crippen molar-refractivity contribution in [1.29, 1.82) is 0 Å². The molecule has 1 unspecified atom stereocenters. The SMILES string of the molecule is CCOC(=O)C(NCc1ncc(CC)o1)c1ccccc1. The number of oxazole rings is 1. The quantitative estimate of drug-likeness (QED) is 0.793. The molecule has 0 bridgehead atoms. The van der Waals surface area contributed by atoms with Crippen LogP contribution in [0.1, 0.15) is 37.1 Å². The third-order valence-electron chi connectivity index (χ3n) is 3.06. The Morgan fingerprint density at radius 2 is 2.10 bits per heavy atom. The highest BCUT2D eigenvalue weighted by molar-refractivity contribution is 5.77. The molecule has 21 heavy (non-hydrogen) atoms. The number of benzene rings is 1. The molecule has 1 aromatic carbocycles. The Bertz CT molecular complexity index is 566. The normalized spacial score (nSPS) is 12.1. The van der Waals surface area contributed by atoms with E-state index in [9.17, 15) is 4.79 Å². The van der Waals surface area contributed by atoms with Crippen molar-refractivity contribution in [2.45, 2.75) is 32.9 Å². The van der Waals surface area contributed by atoms with Crippen LogP contribution >= 0.6 is 0 Å². The molecule has 0 spiro atoms. The number of nitrogens with one attached hydrogen (secondary N) is 1. The Morgan fingerprint density at radius 3 is 2.71 bits per heavy atom. The zero-order valence-electron chi connectivity index (χ0n) is 12.3. The van der Waals surface area contributed by atoms with E-state index in [4.69, 9.17) is 9.15 Å². The highest BCUT2D eigenvalue weighted by Crippen LogP contribution is 2.15. The molecule has 5 nitrogen and oxygen atoms in total. The minimum Gasteiger partial charge on any atom is -0.465 e. The van der Waals surface area contributed by atoms with Gasteiger partial charge in [0, 0.05) is 6.42 Å². The van der Waals surface area contributed by atoms with E-state index in [2.05, 4.69) is 10.3 Å². The minimum absolute atomic E-state index is 0.300. The fraction of sp³-hybridized carbons (Fsp3) is 0.375. The lowest BCUT2D eigenvalue weighted by Gasteiger charge is -2.16. The maximum absolute atomic E-state index is 12.1. The Labute approximate surface area is 124 Å². The minimum atomic E-state index is -0.525. The average Bonchev–Trinajstić information content (AvgIpc) is 2.97. The van der Waals surface area contributed by atoms with Gasteiger partial charge in [0.2, 0.25) is 5.89 Å². The summed E-state index contributed by atoms with van der Waals surface area (Å²) in [6, 6.07) is 8.95. The number of nitrogens with zero attached hydrogens (tertiary/aromatic N) is 1. The second-order valence-corrected chi connectivity index (χ2v) is 4.55. The highest BCUT2D eigenvalue weighted by atomic mass is 16.5. The van der Waals surface area contributed by atoms with Gasteiger partial charge in [0.05, 0.1) is 19.3 Å². The fourth-order valence-corrected chi connectivity index (χ4v) is 1.99. The second-order valence-electron chi connectivity index (χ2n) is 4.55. The van der Waals surface area contributed by atoms with E-state index < -0.39 is 6.04 Å². The van der Waals surface area contributed by atoms with Crippen LogP contribution in [0, 0.1) is 0 Å². The highest BCUT2D eigenvalue weighted by Gasteiger charge is 2.21. The number of esters is 1. The molecule has 0 aliphatic heterocycles. The fourth-order valence-electron chi connectivity index (χ4n) is 1.99. The third kappa shape index (κ3) is 4.16. The average molecular weight is 288 g/mol. The van der Waals surface area contributed by atoms with E-state index in [-0.39, 0.29) is 5.97 Å². The predicted molar refractivity (Wildman–Crippen MR) is 78.5 cm³/mol.